The van der Waals surface area contributed by atoms with Gasteiger partial charge in [-0.1, -0.05) is 0 Å². The van der Waals surface area contributed by atoms with E-state index in [1.807, 2.05) is 18.7 Å². The highest BCUT2D eigenvalue weighted by Crippen LogP contribution is 2.32. The molecule has 0 bridgehead atoms. The molecule has 0 radical (unpaired) electrons. The number of aromatic nitrogens is 6. The van der Waals surface area contributed by atoms with E-state index in [0.717, 1.165) is 11.4 Å². The Morgan fingerprint density at radius 3 is 2.62 bits per heavy atom. The minimum atomic E-state index is 0.0207. The first-order chi connectivity index (χ1) is 12.6. The summed E-state index contributed by atoms with van der Waals surface area (Å²) in [5.41, 5.74) is 1.47. The molecule has 0 atom stereocenters. The highest BCUT2D eigenvalue weighted by molar-refractivity contribution is 6.01. The second kappa shape index (κ2) is 6.17. The van der Waals surface area contributed by atoms with Crippen LogP contribution in [0.15, 0.2) is 37.3 Å². The lowest BCUT2D eigenvalue weighted by Crippen LogP contribution is -2.47. The van der Waals surface area contributed by atoms with Gasteiger partial charge in [-0.3, -0.25) is 9.36 Å². The number of rotatable bonds is 3. The number of imidazole rings is 1. The van der Waals surface area contributed by atoms with Crippen LogP contribution in [0.4, 0.5) is 11.5 Å². The average molecular weight is 350 g/mol. The van der Waals surface area contributed by atoms with Gasteiger partial charge in [0, 0.05) is 37.9 Å². The molecule has 0 aromatic carbocycles. The molecule has 1 amide bonds. The molecule has 9 nitrogen and oxygen atoms in total. The molecule has 3 aromatic rings. The molecular formula is C17H18N8O. The van der Waals surface area contributed by atoms with E-state index in [4.69, 9.17) is 4.98 Å². The smallest absolute Gasteiger partial charge is 0.246 e. The molecular weight excluding hydrogens is 332 g/mol. The van der Waals surface area contributed by atoms with Crippen LogP contribution in [0.3, 0.4) is 0 Å². The molecule has 9 heteroatoms. The van der Waals surface area contributed by atoms with Crippen LogP contribution in [-0.2, 0) is 4.79 Å². The molecule has 0 aliphatic carbocycles. The Bertz CT molecular complexity index is 952. The van der Waals surface area contributed by atoms with Gasteiger partial charge >= 0.3 is 0 Å². The Morgan fingerprint density at radius 1 is 1.12 bits per heavy atom. The molecule has 0 fully saturated rings. The van der Waals surface area contributed by atoms with Crippen molar-refractivity contribution in [3.05, 3.63) is 37.3 Å². The first-order valence-corrected chi connectivity index (χ1v) is 8.25. The van der Waals surface area contributed by atoms with Gasteiger partial charge in [-0.15, -0.1) is 0 Å². The van der Waals surface area contributed by atoms with Gasteiger partial charge in [0.25, 0.3) is 0 Å². The molecule has 1 aliphatic rings. The summed E-state index contributed by atoms with van der Waals surface area (Å²) >= 11 is 0. The van der Waals surface area contributed by atoms with Gasteiger partial charge in [0.1, 0.15) is 17.8 Å². The molecule has 26 heavy (non-hydrogen) atoms. The molecule has 4 rings (SSSR count). The summed E-state index contributed by atoms with van der Waals surface area (Å²) in [5.74, 6) is 1.89. The lowest BCUT2D eigenvalue weighted by Gasteiger charge is -2.36. The van der Waals surface area contributed by atoms with Crippen LogP contribution >= 0.6 is 0 Å². The fraction of sp³-hybridized carbons (Fsp3) is 0.294. The minimum absolute atomic E-state index is 0.0207. The monoisotopic (exact) mass is 350 g/mol. The van der Waals surface area contributed by atoms with Gasteiger partial charge < -0.3 is 9.80 Å². The lowest BCUT2D eigenvalue weighted by atomic mass is 10.2. The summed E-state index contributed by atoms with van der Waals surface area (Å²) in [6, 6.07) is 0.138. The van der Waals surface area contributed by atoms with Crippen molar-refractivity contribution in [2.24, 2.45) is 0 Å². The largest absolute Gasteiger partial charge is 0.343 e. The normalized spacial score (nSPS) is 14.1. The van der Waals surface area contributed by atoms with Gasteiger partial charge in [0.05, 0.1) is 18.3 Å². The fourth-order valence-electron chi connectivity index (χ4n) is 2.90. The van der Waals surface area contributed by atoms with Crippen LogP contribution in [-0.4, -0.2) is 55.0 Å². The summed E-state index contributed by atoms with van der Waals surface area (Å²) in [7, 11) is 1.74. The van der Waals surface area contributed by atoms with Crippen molar-refractivity contribution >= 4 is 17.4 Å². The van der Waals surface area contributed by atoms with E-state index in [0.29, 0.717) is 24.0 Å². The van der Waals surface area contributed by atoms with Crippen molar-refractivity contribution in [1.29, 1.82) is 0 Å². The average Bonchev–Trinajstić information content (AvgIpc) is 3.14. The van der Waals surface area contributed by atoms with Gasteiger partial charge in [-0.25, -0.2) is 19.9 Å². The standard InChI is InChI=1S/C17H18N8O/c1-11(2)25-9-14(26)23(3)13-8-21-17(22-16(13)25)24-5-4-20-15(24)12-6-18-10-19-7-12/h4-8,10-11H,9H2,1-3H3. The molecule has 0 saturated carbocycles. The molecule has 132 valence electrons. The highest BCUT2D eigenvalue weighted by Gasteiger charge is 2.30. The van der Waals surface area contributed by atoms with Crippen LogP contribution in [0.1, 0.15) is 13.8 Å². The van der Waals surface area contributed by atoms with Crippen molar-refractivity contribution in [3.8, 4) is 17.3 Å². The quantitative estimate of drug-likeness (QED) is 0.703. The fourth-order valence-corrected chi connectivity index (χ4v) is 2.90. The van der Waals surface area contributed by atoms with Crippen molar-refractivity contribution in [2.75, 3.05) is 23.4 Å². The third kappa shape index (κ3) is 2.57. The van der Waals surface area contributed by atoms with E-state index in [9.17, 15) is 4.79 Å². The number of nitrogens with zero attached hydrogens (tertiary/aromatic N) is 8. The second-order valence-electron chi connectivity index (χ2n) is 6.30. The number of anilines is 2. The van der Waals surface area contributed by atoms with Gasteiger partial charge in [-0.05, 0) is 13.8 Å². The van der Waals surface area contributed by atoms with Gasteiger partial charge in [0.15, 0.2) is 5.82 Å². The molecule has 1 aliphatic heterocycles. The molecule has 0 unspecified atom stereocenters. The maximum absolute atomic E-state index is 12.2. The summed E-state index contributed by atoms with van der Waals surface area (Å²) in [5, 5.41) is 0. The third-order valence-corrected chi connectivity index (χ3v) is 4.35. The zero-order valence-electron chi connectivity index (χ0n) is 14.7. The number of likely N-dealkylation sites (N-methyl/N-ethyl adjacent to an activating group) is 1. The molecule has 4 heterocycles. The number of amides is 1. The summed E-state index contributed by atoms with van der Waals surface area (Å²) in [4.78, 5) is 37.4. The predicted molar refractivity (Wildman–Crippen MR) is 96.1 cm³/mol. The van der Waals surface area contributed by atoms with Crippen LogP contribution < -0.4 is 9.80 Å². The van der Waals surface area contributed by atoms with Crippen LogP contribution in [0, 0.1) is 0 Å². The van der Waals surface area contributed by atoms with Crippen molar-refractivity contribution in [1.82, 2.24) is 29.5 Å². The van der Waals surface area contributed by atoms with Crippen molar-refractivity contribution in [2.45, 2.75) is 19.9 Å². The maximum Gasteiger partial charge on any atom is 0.246 e. The number of carbonyl (C=O) groups is 1. The Labute approximate surface area is 150 Å². The van der Waals surface area contributed by atoms with Gasteiger partial charge in [-0.2, -0.15) is 4.98 Å². The minimum Gasteiger partial charge on any atom is -0.343 e. The Hall–Kier alpha value is -3.36. The van der Waals surface area contributed by atoms with Crippen LogP contribution in [0.2, 0.25) is 0 Å². The summed E-state index contributed by atoms with van der Waals surface area (Å²) < 4.78 is 1.79. The van der Waals surface area contributed by atoms with Gasteiger partial charge in [0.2, 0.25) is 11.9 Å². The number of carbonyl (C=O) groups excluding carboxylic acids is 1. The molecule has 0 N–H and O–H groups in total. The number of fused-ring (bicyclic) bond motifs is 1. The lowest BCUT2D eigenvalue weighted by molar-refractivity contribution is -0.117. The Morgan fingerprint density at radius 2 is 1.88 bits per heavy atom. The topological polar surface area (TPSA) is 92.9 Å². The number of hydrogen-bond acceptors (Lipinski definition) is 7. The third-order valence-electron chi connectivity index (χ3n) is 4.35. The Balaban J connectivity index is 1.83. The van der Waals surface area contributed by atoms with E-state index in [1.165, 1.54) is 6.33 Å². The molecule has 3 aromatic heterocycles. The number of hydrogen-bond donors (Lipinski definition) is 0. The highest BCUT2D eigenvalue weighted by atomic mass is 16.2. The van der Waals surface area contributed by atoms with E-state index < -0.39 is 0 Å². The zero-order valence-corrected chi connectivity index (χ0v) is 14.7. The first kappa shape index (κ1) is 16.1. The van der Waals surface area contributed by atoms with Crippen LogP contribution in [0.25, 0.3) is 17.3 Å². The zero-order chi connectivity index (χ0) is 18.3. The Kier molecular flexibility index (Phi) is 3.83. The summed E-state index contributed by atoms with van der Waals surface area (Å²) in [6.07, 6.45) is 10.0. The molecule has 0 spiro atoms. The van der Waals surface area contributed by atoms with Crippen molar-refractivity contribution in [3.63, 3.8) is 0 Å². The summed E-state index contributed by atoms with van der Waals surface area (Å²) in [6.45, 7) is 4.36. The molecule has 0 saturated heterocycles. The van der Waals surface area contributed by atoms with E-state index in [-0.39, 0.29) is 11.9 Å². The second-order valence-corrected chi connectivity index (χ2v) is 6.30. The van der Waals surface area contributed by atoms with Crippen molar-refractivity contribution < 1.29 is 4.79 Å². The predicted octanol–water partition coefficient (Wildman–Crippen LogP) is 1.31. The van der Waals surface area contributed by atoms with E-state index in [1.54, 1.807) is 47.5 Å². The van der Waals surface area contributed by atoms with Crippen LogP contribution in [0.5, 0.6) is 0 Å². The van der Waals surface area contributed by atoms with E-state index in [2.05, 4.69) is 19.9 Å². The maximum atomic E-state index is 12.2. The first-order valence-electron chi connectivity index (χ1n) is 8.25. The van der Waals surface area contributed by atoms with E-state index >= 15 is 0 Å². The SMILES string of the molecule is CC(C)N1CC(=O)N(C)c2cnc(-n3ccnc3-c3cncnc3)nc21.